The number of carbonyl (C=O) groups is 1. The fourth-order valence-electron chi connectivity index (χ4n) is 3.11. The van der Waals surface area contributed by atoms with Crippen LogP contribution >= 0.6 is 11.6 Å². The fraction of sp³-hybridized carbons (Fsp3) is 0.333. The Hall–Kier alpha value is -2.71. The second-order valence-electron chi connectivity index (χ2n) is 6.64. The highest BCUT2D eigenvalue weighted by atomic mass is 35.5. The van der Waals surface area contributed by atoms with Gasteiger partial charge in [0.15, 0.2) is 5.82 Å². The number of aromatic nitrogens is 4. The van der Waals surface area contributed by atoms with Gasteiger partial charge in [-0.25, -0.2) is 9.97 Å². The Morgan fingerprint density at radius 1 is 1.30 bits per heavy atom. The molecule has 4 rings (SSSR count). The first kappa shape index (κ1) is 17.7. The Kier molecular flexibility index (Phi) is 4.67. The lowest BCUT2D eigenvalue weighted by Crippen LogP contribution is -2.40. The van der Waals surface area contributed by atoms with Gasteiger partial charge in [0.05, 0.1) is 11.6 Å². The number of hydrogen-bond donors (Lipinski definition) is 3. The van der Waals surface area contributed by atoms with E-state index in [1.54, 1.807) is 23.1 Å². The number of anilines is 2. The quantitative estimate of drug-likeness (QED) is 0.638. The molecule has 0 saturated carbocycles. The van der Waals surface area contributed by atoms with Gasteiger partial charge < -0.3 is 15.3 Å². The molecule has 3 N–H and O–H groups in total. The van der Waals surface area contributed by atoms with E-state index >= 15 is 0 Å². The molecule has 1 fully saturated rings. The van der Waals surface area contributed by atoms with E-state index in [1.165, 1.54) is 0 Å². The second kappa shape index (κ2) is 7.13. The molecule has 0 bridgehead atoms. The summed E-state index contributed by atoms with van der Waals surface area (Å²) in [4.78, 5) is 23.4. The van der Waals surface area contributed by atoms with Crippen LogP contribution in [-0.4, -0.2) is 55.3 Å². The number of aliphatic hydroxyl groups is 1. The van der Waals surface area contributed by atoms with Crippen LogP contribution in [0.2, 0.25) is 5.02 Å². The normalized spacial score (nSPS) is 15.3. The van der Waals surface area contributed by atoms with Gasteiger partial charge in [0.2, 0.25) is 5.82 Å². The van der Waals surface area contributed by atoms with E-state index in [1.807, 2.05) is 13.0 Å². The lowest BCUT2D eigenvalue weighted by molar-refractivity contribution is 0.0536. The number of amides is 1. The molecular formula is C18H19ClN6O2. The average Bonchev–Trinajstić information content (AvgIpc) is 3.07. The number of fused-ring (bicyclic) bond motifs is 1. The van der Waals surface area contributed by atoms with Gasteiger partial charge in [0.1, 0.15) is 5.82 Å². The number of aromatic amines is 1. The van der Waals surface area contributed by atoms with Gasteiger partial charge in [-0.2, -0.15) is 5.10 Å². The van der Waals surface area contributed by atoms with Crippen molar-refractivity contribution >= 4 is 40.0 Å². The number of hydrogen-bond acceptors (Lipinski definition) is 6. The molecule has 2 aromatic heterocycles. The van der Waals surface area contributed by atoms with Crippen LogP contribution in [0.25, 0.3) is 10.9 Å². The third-order valence-electron chi connectivity index (χ3n) is 4.55. The van der Waals surface area contributed by atoms with Crippen molar-refractivity contribution in [1.82, 2.24) is 25.1 Å². The largest absolute Gasteiger partial charge is 0.393 e. The van der Waals surface area contributed by atoms with E-state index in [9.17, 15) is 9.90 Å². The number of likely N-dealkylation sites (tertiary alicyclic amines) is 1. The summed E-state index contributed by atoms with van der Waals surface area (Å²) < 4.78 is 0. The van der Waals surface area contributed by atoms with E-state index < -0.39 is 0 Å². The second-order valence-corrected chi connectivity index (χ2v) is 7.08. The predicted octanol–water partition coefficient (Wildman–Crippen LogP) is 2.66. The van der Waals surface area contributed by atoms with E-state index in [4.69, 9.17) is 11.6 Å². The Labute approximate surface area is 160 Å². The Morgan fingerprint density at radius 3 is 2.78 bits per heavy atom. The van der Waals surface area contributed by atoms with Crippen LogP contribution in [0.1, 0.15) is 29.2 Å². The number of carbonyl (C=O) groups excluding carboxylic acids is 1. The van der Waals surface area contributed by atoms with Crippen molar-refractivity contribution in [2.75, 3.05) is 18.4 Å². The molecule has 9 heteroatoms. The SMILES string of the molecule is Cc1cc(Nc2nc(C(=O)N3CCC(O)CC3)nc3ccc(Cl)cc23)n[nH]1. The zero-order valence-corrected chi connectivity index (χ0v) is 15.5. The summed E-state index contributed by atoms with van der Waals surface area (Å²) in [6.07, 6.45) is 0.771. The van der Waals surface area contributed by atoms with Crippen molar-refractivity contribution in [3.8, 4) is 0 Å². The standard InChI is InChI=1S/C18H19ClN6O2/c1-10-8-15(24-23-10)21-16-13-9-11(19)2-3-14(13)20-17(22-16)18(27)25-6-4-12(26)5-7-25/h2-3,8-9,12,26H,4-7H2,1H3,(H2,20,21,22,23,24). The number of aryl methyl sites for hydroxylation is 1. The summed E-state index contributed by atoms with van der Waals surface area (Å²) >= 11 is 6.13. The highest BCUT2D eigenvalue weighted by Gasteiger charge is 2.25. The molecule has 0 spiro atoms. The zero-order chi connectivity index (χ0) is 19.0. The predicted molar refractivity (Wildman–Crippen MR) is 102 cm³/mol. The van der Waals surface area contributed by atoms with Gasteiger partial charge in [0, 0.05) is 35.3 Å². The Balaban J connectivity index is 1.73. The molecule has 1 aliphatic rings. The summed E-state index contributed by atoms with van der Waals surface area (Å²) in [7, 11) is 0. The van der Waals surface area contributed by atoms with Crippen LogP contribution in [0.4, 0.5) is 11.6 Å². The molecule has 27 heavy (non-hydrogen) atoms. The number of benzene rings is 1. The summed E-state index contributed by atoms with van der Waals surface area (Å²) in [5, 5.41) is 21.1. The Morgan fingerprint density at radius 2 is 2.07 bits per heavy atom. The molecule has 3 aromatic rings. The molecule has 1 aromatic carbocycles. The smallest absolute Gasteiger partial charge is 0.291 e. The van der Waals surface area contributed by atoms with Crippen LogP contribution < -0.4 is 5.32 Å². The number of piperidine rings is 1. The van der Waals surface area contributed by atoms with E-state index in [0.717, 1.165) is 5.69 Å². The maximum absolute atomic E-state index is 12.9. The highest BCUT2D eigenvalue weighted by molar-refractivity contribution is 6.31. The van der Waals surface area contributed by atoms with Gasteiger partial charge >= 0.3 is 0 Å². The van der Waals surface area contributed by atoms with Crippen molar-refractivity contribution in [2.24, 2.45) is 0 Å². The number of rotatable bonds is 3. The van der Waals surface area contributed by atoms with Crippen molar-refractivity contribution in [3.05, 3.63) is 40.8 Å². The molecule has 0 atom stereocenters. The molecule has 1 saturated heterocycles. The Bertz CT molecular complexity index is 997. The first-order valence-corrected chi connectivity index (χ1v) is 9.11. The van der Waals surface area contributed by atoms with Crippen molar-refractivity contribution in [3.63, 3.8) is 0 Å². The van der Waals surface area contributed by atoms with E-state index in [2.05, 4.69) is 25.5 Å². The first-order valence-electron chi connectivity index (χ1n) is 8.73. The summed E-state index contributed by atoms with van der Waals surface area (Å²) in [5.74, 6) is 0.914. The fourth-order valence-corrected chi connectivity index (χ4v) is 3.28. The van der Waals surface area contributed by atoms with Gasteiger partial charge in [-0.3, -0.25) is 9.89 Å². The molecule has 1 amide bonds. The van der Waals surface area contributed by atoms with Crippen molar-refractivity contribution in [1.29, 1.82) is 0 Å². The van der Waals surface area contributed by atoms with Crippen LogP contribution in [0.15, 0.2) is 24.3 Å². The molecule has 140 valence electrons. The maximum atomic E-state index is 12.9. The summed E-state index contributed by atoms with van der Waals surface area (Å²) in [6.45, 7) is 2.87. The van der Waals surface area contributed by atoms with E-state index in [0.29, 0.717) is 53.5 Å². The monoisotopic (exact) mass is 386 g/mol. The number of nitrogens with zero attached hydrogens (tertiary/aromatic N) is 4. The highest BCUT2D eigenvalue weighted by Crippen LogP contribution is 2.27. The van der Waals surface area contributed by atoms with Crippen molar-refractivity contribution < 1.29 is 9.90 Å². The third kappa shape index (κ3) is 3.72. The van der Waals surface area contributed by atoms with Crippen LogP contribution in [0.5, 0.6) is 0 Å². The molecular weight excluding hydrogens is 368 g/mol. The zero-order valence-electron chi connectivity index (χ0n) is 14.7. The summed E-state index contributed by atoms with van der Waals surface area (Å²) in [5.41, 5.74) is 1.52. The molecule has 0 radical (unpaired) electrons. The lowest BCUT2D eigenvalue weighted by atomic mass is 10.1. The van der Waals surface area contributed by atoms with Crippen LogP contribution in [0.3, 0.4) is 0 Å². The minimum atomic E-state index is -0.353. The molecule has 8 nitrogen and oxygen atoms in total. The van der Waals surface area contributed by atoms with Crippen LogP contribution in [-0.2, 0) is 0 Å². The maximum Gasteiger partial charge on any atom is 0.291 e. The molecule has 0 unspecified atom stereocenters. The van der Waals surface area contributed by atoms with Gasteiger partial charge in [-0.05, 0) is 38.0 Å². The number of nitrogens with one attached hydrogen (secondary N) is 2. The number of aliphatic hydroxyl groups excluding tert-OH is 1. The third-order valence-corrected chi connectivity index (χ3v) is 4.79. The number of halogens is 1. The minimum absolute atomic E-state index is 0.107. The average molecular weight is 387 g/mol. The lowest BCUT2D eigenvalue weighted by Gasteiger charge is -2.29. The first-order chi connectivity index (χ1) is 13.0. The van der Waals surface area contributed by atoms with E-state index in [-0.39, 0.29) is 17.8 Å². The topological polar surface area (TPSA) is 107 Å². The van der Waals surface area contributed by atoms with Gasteiger partial charge in [-0.15, -0.1) is 0 Å². The molecule has 1 aliphatic heterocycles. The van der Waals surface area contributed by atoms with Gasteiger partial charge in [-0.1, -0.05) is 11.6 Å². The minimum Gasteiger partial charge on any atom is -0.393 e. The molecule has 0 aliphatic carbocycles. The van der Waals surface area contributed by atoms with Crippen LogP contribution in [0, 0.1) is 6.92 Å². The number of H-pyrrole nitrogens is 1. The summed E-state index contributed by atoms with van der Waals surface area (Å²) in [6, 6.07) is 7.08. The molecule has 3 heterocycles. The van der Waals surface area contributed by atoms with Gasteiger partial charge in [0.25, 0.3) is 5.91 Å². The van der Waals surface area contributed by atoms with Crippen molar-refractivity contribution in [2.45, 2.75) is 25.9 Å².